The molecule has 0 aliphatic rings. The third kappa shape index (κ3) is 3.45. The second-order valence-electron chi connectivity index (χ2n) is 4.91. The van der Waals surface area contributed by atoms with E-state index in [0.717, 1.165) is 12.1 Å². The zero-order chi connectivity index (χ0) is 18.2. The summed E-state index contributed by atoms with van der Waals surface area (Å²) in [7, 11) is 0. The summed E-state index contributed by atoms with van der Waals surface area (Å²) in [6, 6.07) is 7.87. The Balaban J connectivity index is 1.96. The van der Waals surface area contributed by atoms with Gasteiger partial charge in [0, 0.05) is 17.7 Å². The van der Waals surface area contributed by atoms with Crippen molar-refractivity contribution < 1.29 is 22.5 Å². The molecule has 0 fully saturated rings. The standard InChI is InChI=1S/C15H7ClF3N3O3/c16-12-6-5-10(22(23)24)7-11(12)14-21-20-13(25-14)8-1-3-9(4-2-8)15(17,18)19/h1-7H. The number of hydrogen-bond acceptors (Lipinski definition) is 5. The fourth-order valence-electron chi connectivity index (χ4n) is 2.04. The van der Waals surface area contributed by atoms with E-state index in [0.29, 0.717) is 0 Å². The van der Waals surface area contributed by atoms with Crippen LogP contribution in [0.5, 0.6) is 0 Å². The molecule has 6 nitrogen and oxygen atoms in total. The summed E-state index contributed by atoms with van der Waals surface area (Å²) >= 11 is 5.99. The normalized spacial score (nSPS) is 11.5. The van der Waals surface area contributed by atoms with Crippen molar-refractivity contribution in [3.63, 3.8) is 0 Å². The van der Waals surface area contributed by atoms with E-state index in [2.05, 4.69) is 10.2 Å². The van der Waals surface area contributed by atoms with Crippen molar-refractivity contribution >= 4 is 17.3 Å². The first-order valence-electron chi connectivity index (χ1n) is 6.71. The van der Waals surface area contributed by atoms with Gasteiger partial charge in [0.1, 0.15) is 0 Å². The van der Waals surface area contributed by atoms with Gasteiger partial charge in [-0.1, -0.05) is 11.6 Å². The largest absolute Gasteiger partial charge is 0.416 e. The van der Waals surface area contributed by atoms with Gasteiger partial charge in [0.15, 0.2) is 0 Å². The topological polar surface area (TPSA) is 82.1 Å². The first kappa shape index (κ1) is 16.9. The van der Waals surface area contributed by atoms with Crippen molar-refractivity contribution in [2.24, 2.45) is 0 Å². The molecule has 3 aromatic rings. The summed E-state index contributed by atoms with van der Waals surface area (Å²) in [5.74, 6) is -0.116. The monoisotopic (exact) mass is 369 g/mol. The van der Waals surface area contributed by atoms with E-state index in [1.54, 1.807) is 0 Å². The van der Waals surface area contributed by atoms with Gasteiger partial charge in [-0.05, 0) is 30.3 Å². The van der Waals surface area contributed by atoms with Gasteiger partial charge in [0.05, 0.1) is 21.1 Å². The maximum absolute atomic E-state index is 12.6. The molecular weight excluding hydrogens is 363 g/mol. The number of non-ortho nitro benzene ring substituents is 1. The quantitative estimate of drug-likeness (QED) is 0.480. The van der Waals surface area contributed by atoms with Gasteiger partial charge >= 0.3 is 6.18 Å². The Morgan fingerprint density at radius 3 is 2.28 bits per heavy atom. The molecule has 3 rings (SSSR count). The van der Waals surface area contributed by atoms with Gasteiger partial charge in [-0.2, -0.15) is 13.2 Å². The number of aromatic nitrogens is 2. The van der Waals surface area contributed by atoms with Crippen LogP contribution in [0.15, 0.2) is 46.9 Å². The van der Waals surface area contributed by atoms with Crippen molar-refractivity contribution in [3.05, 3.63) is 63.2 Å². The first-order chi connectivity index (χ1) is 11.8. The Morgan fingerprint density at radius 2 is 1.68 bits per heavy atom. The molecule has 0 N–H and O–H groups in total. The predicted molar refractivity (Wildman–Crippen MR) is 81.8 cm³/mol. The highest BCUT2D eigenvalue weighted by molar-refractivity contribution is 6.33. The molecule has 1 heterocycles. The summed E-state index contributed by atoms with van der Waals surface area (Å²) in [5, 5.41) is 18.5. The molecule has 0 amide bonds. The summed E-state index contributed by atoms with van der Waals surface area (Å²) in [4.78, 5) is 10.2. The van der Waals surface area contributed by atoms with Gasteiger partial charge < -0.3 is 4.42 Å². The van der Waals surface area contributed by atoms with Crippen molar-refractivity contribution in [1.29, 1.82) is 0 Å². The molecule has 0 saturated carbocycles. The maximum atomic E-state index is 12.6. The Bertz CT molecular complexity index is 939. The van der Waals surface area contributed by atoms with E-state index in [-0.39, 0.29) is 33.6 Å². The van der Waals surface area contributed by atoms with Crippen molar-refractivity contribution in [2.45, 2.75) is 6.18 Å². The Hall–Kier alpha value is -2.94. The minimum absolute atomic E-state index is 0.0358. The Kier molecular flexibility index (Phi) is 4.17. The molecule has 1 aromatic heterocycles. The van der Waals surface area contributed by atoms with E-state index in [1.807, 2.05) is 0 Å². The Morgan fingerprint density at radius 1 is 1.04 bits per heavy atom. The van der Waals surface area contributed by atoms with E-state index >= 15 is 0 Å². The maximum Gasteiger partial charge on any atom is 0.416 e. The number of halogens is 4. The number of nitrogens with zero attached hydrogens (tertiary/aromatic N) is 3. The average Bonchev–Trinajstić information content (AvgIpc) is 3.04. The smallest absolute Gasteiger partial charge is 0.416 e. The van der Waals surface area contributed by atoms with E-state index in [4.69, 9.17) is 16.0 Å². The lowest BCUT2D eigenvalue weighted by Gasteiger charge is -2.05. The van der Waals surface area contributed by atoms with Crippen LogP contribution < -0.4 is 0 Å². The van der Waals surface area contributed by atoms with Gasteiger partial charge in [0.2, 0.25) is 11.8 Å². The van der Waals surface area contributed by atoms with Gasteiger partial charge in [0.25, 0.3) is 5.69 Å². The number of hydrogen-bond donors (Lipinski definition) is 0. The molecular formula is C15H7ClF3N3O3. The second kappa shape index (κ2) is 6.17. The molecule has 0 saturated heterocycles. The second-order valence-corrected chi connectivity index (χ2v) is 5.32. The third-order valence-corrected chi connectivity index (χ3v) is 3.60. The first-order valence-corrected chi connectivity index (χ1v) is 7.09. The van der Waals surface area contributed by atoms with Gasteiger partial charge in [-0.25, -0.2) is 0 Å². The minimum atomic E-state index is -4.45. The molecule has 0 bridgehead atoms. The van der Waals surface area contributed by atoms with Crippen LogP contribution in [0.25, 0.3) is 22.9 Å². The van der Waals surface area contributed by atoms with Crippen LogP contribution in [0, 0.1) is 10.1 Å². The molecule has 128 valence electrons. The lowest BCUT2D eigenvalue weighted by molar-refractivity contribution is -0.384. The summed E-state index contributed by atoms with van der Waals surface area (Å²) < 4.78 is 43.1. The fraction of sp³-hybridized carbons (Fsp3) is 0.0667. The third-order valence-electron chi connectivity index (χ3n) is 3.28. The average molecular weight is 370 g/mol. The van der Waals surface area contributed by atoms with Crippen LogP contribution in [0.3, 0.4) is 0 Å². The SMILES string of the molecule is O=[N+]([O-])c1ccc(Cl)c(-c2nnc(-c3ccc(C(F)(F)F)cc3)o2)c1. The lowest BCUT2D eigenvalue weighted by Crippen LogP contribution is -2.03. The van der Waals surface area contributed by atoms with E-state index < -0.39 is 16.7 Å². The number of nitro groups is 1. The number of nitro benzene ring substituents is 1. The number of rotatable bonds is 3. The molecule has 0 unspecified atom stereocenters. The van der Waals surface area contributed by atoms with Crippen molar-refractivity contribution in [3.8, 4) is 22.9 Å². The minimum Gasteiger partial charge on any atom is -0.416 e. The molecule has 25 heavy (non-hydrogen) atoms. The number of benzene rings is 2. The molecule has 0 radical (unpaired) electrons. The zero-order valence-corrected chi connectivity index (χ0v) is 12.9. The van der Waals surface area contributed by atoms with E-state index in [9.17, 15) is 23.3 Å². The van der Waals surface area contributed by atoms with Crippen molar-refractivity contribution in [2.75, 3.05) is 0 Å². The molecule has 0 atom stereocenters. The molecule has 10 heteroatoms. The molecule has 0 aliphatic heterocycles. The highest BCUT2D eigenvalue weighted by atomic mass is 35.5. The predicted octanol–water partition coefficient (Wildman–Crippen LogP) is 4.98. The van der Waals surface area contributed by atoms with Crippen LogP contribution >= 0.6 is 11.6 Å². The molecule has 2 aromatic carbocycles. The molecule has 0 spiro atoms. The zero-order valence-electron chi connectivity index (χ0n) is 12.1. The van der Waals surface area contributed by atoms with Crippen LogP contribution in [0.1, 0.15) is 5.56 Å². The lowest BCUT2D eigenvalue weighted by atomic mass is 10.1. The van der Waals surface area contributed by atoms with Crippen molar-refractivity contribution in [1.82, 2.24) is 10.2 Å². The highest BCUT2D eigenvalue weighted by Gasteiger charge is 2.30. The van der Waals surface area contributed by atoms with Gasteiger partial charge in [-0.3, -0.25) is 10.1 Å². The Labute approximate surface area is 143 Å². The van der Waals surface area contributed by atoms with Crippen LogP contribution in [0.2, 0.25) is 5.02 Å². The van der Waals surface area contributed by atoms with Gasteiger partial charge in [-0.15, -0.1) is 10.2 Å². The highest BCUT2D eigenvalue weighted by Crippen LogP contribution is 2.33. The van der Waals surface area contributed by atoms with Crippen LogP contribution in [-0.2, 0) is 6.18 Å². The number of alkyl halides is 3. The summed E-state index contributed by atoms with van der Waals surface area (Å²) in [5.41, 5.74) is -0.596. The summed E-state index contributed by atoms with van der Waals surface area (Å²) in [6.07, 6.45) is -4.45. The fourth-order valence-corrected chi connectivity index (χ4v) is 2.24. The van der Waals surface area contributed by atoms with E-state index in [1.165, 1.54) is 30.3 Å². The summed E-state index contributed by atoms with van der Waals surface area (Å²) in [6.45, 7) is 0. The molecule has 0 aliphatic carbocycles. The van der Waals surface area contributed by atoms with Crippen LogP contribution in [0.4, 0.5) is 18.9 Å². The van der Waals surface area contributed by atoms with Crippen LogP contribution in [-0.4, -0.2) is 15.1 Å².